The summed E-state index contributed by atoms with van der Waals surface area (Å²) in [6.07, 6.45) is 5.73. The second-order valence-electron chi connectivity index (χ2n) is 12.1. The Kier molecular flexibility index (Phi) is 7.78. The molecule has 0 N–H and O–H groups in total. The monoisotopic (exact) mass is 642 g/mol. The van der Waals surface area contributed by atoms with Gasteiger partial charge in [-0.05, 0) is 84.6 Å². The summed E-state index contributed by atoms with van der Waals surface area (Å²) in [4.78, 5) is 4.67. The molecule has 0 aliphatic rings. The molecule has 5 aromatic carbocycles. The standard InChI is InChI=1S/C42H34N4O3/c1-28-20-36(48-27-30-10-5-4-6-11-30)21-29(2)42(28)31-25-44-45(26-31)32-12-9-13-34(22-32)49-35-16-17-38-37-14-7-8-15-39(37)46(40(38)23-35)41-24-33(47-3)18-19-43-41/h4-26H,27H2,1-3H3. The van der Waals surface area contributed by atoms with Gasteiger partial charge in [-0.15, -0.1) is 0 Å². The van der Waals surface area contributed by atoms with Crippen molar-refractivity contribution < 1.29 is 14.2 Å². The lowest BCUT2D eigenvalue weighted by Crippen LogP contribution is -1.98. The first-order chi connectivity index (χ1) is 24.0. The van der Waals surface area contributed by atoms with Gasteiger partial charge in [-0.2, -0.15) is 5.10 Å². The van der Waals surface area contributed by atoms with E-state index in [-0.39, 0.29) is 0 Å². The van der Waals surface area contributed by atoms with Gasteiger partial charge in [0.2, 0.25) is 0 Å². The van der Waals surface area contributed by atoms with Crippen molar-refractivity contribution in [1.29, 1.82) is 0 Å². The zero-order chi connectivity index (χ0) is 33.3. The Bertz CT molecular complexity index is 2420. The molecular formula is C42H34N4O3. The number of para-hydroxylation sites is 1. The van der Waals surface area contributed by atoms with Crippen molar-refractivity contribution >= 4 is 21.8 Å². The molecule has 0 saturated heterocycles. The molecule has 0 aliphatic carbocycles. The van der Waals surface area contributed by atoms with Crippen LogP contribution in [0.25, 0.3) is 44.4 Å². The molecule has 49 heavy (non-hydrogen) atoms. The van der Waals surface area contributed by atoms with E-state index in [2.05, 4.69) is 84.2 Å². The number of aryl methyl sites for hydroxylation is 2. The Morgan fingerprint density at radius 3 is 2.27 bits per heavy atom. The predicted molar refractivity (Wildman–Crippen MR) is 194 cm³/mol. The Morgan fingerprint density at radius 1 is 0.653 bits per heavy atom. The minimum atomic E-state index is 0.534. The first kappa shape index (κ1) is 30.0. The Hall–Kier alpha value is -6.34. The van der Waals surface area contributed by atoms with Gasteiger partial charge in [0.1, 0.15) is 35.4 Å². The Balaban J connectivity index is 1.07. The third-order valence-corrected chi connectivity index (χ3v) is 8.77. The average Bonchev–Trinajstić information content (AvgIpc) is 3.74. The van der Waals surface area contributed by atoms with E-state index in [1.807, 2.05) is 77.6 Å². The van der Waals surface area contributed by atoms with Gasteiger partial charge in [0.25, 0.3) is 0 Å². The molecule has 0 bridgehead atoms. The van der Waals surface area contributed by atoms with E-state index >= 15 is 0 Å². The lowest BCUT2D eigenvalue weighted by atomic mass is 9.98. The Morgan fingerprint density at radius 2 is 1.43 bits per heavy atom. The molecule has 7 nitrogen and oxygen atoms in total. The predicted octanol–water partition coefficient (Wildman–Crippen LogP) is 10.0. The van der Waals surface area contributed by atoms with Crippen LogP contribution in [0.5, 0.6) is 23.0 Å². The number of rotatable bonds is 9. The normalized spacial score (nSPS) is 11.2. The van der Waals surface area contributed by atoms with Gasteiger partial charge in [0.05, 0.1) is 30.0 Å². The van der Waals surface area contributed by atoms with Crippen molar-refractivity contribution in [3.8, 4) is 45.6 Å². The third kappa shape index (κ3) is 5.87. The van der Waals surface area contributed by atoms with Crippen LogP contribution >= 0.6 is 0 Å². The van der Waals surface area contributed by atoms with Crippen molar-refractivity contribution in [2.45, 2.75) is 20.5 Å². The number of hydrogen-bond acceptors (Lipinski definition) is 5. The highest BCUT2D eigenvalue weighted by atomic mass is 16.5. The molecule has 8 aromatic rings. The molecule has 8 rings (SSSR count). The topological polar surface area (TPSA) is 63.3 Å². The third-order valence-electron chi connectivity index (χ3n) is 8.77. The minimum Gasteiger partial charge on any atom is -0.497 e. The van der Waals surface area contributed by atoms with Crippen molar-refractivity contribution in [3.05, 3.63) is 157 Å². The summed E-state index contributed by atoms with van der Waals surface area (Å²) in [7, 11) is 1.66. The van der Waals surface area contributed by atoms with Crippen LogP contribution in [-0.2, 0) is 6.61 Å². The highest BCUT2D eigenvalue weighted by molar-refractivity contribution is 6.09. The summed E-state index contributed by atoms with van der Waals surface area (Å²) < 4.78 is 22.1. The number of fused-ring (bicyclic) bond motifs is 3. The van der Waals surface area contributed by atoms with Gasteiger partial charge < -0.3 is 14.2 Å². The SMILES string of the molecule is COc1ccnc(-n2c3ccccc3c3ccc(Oc4cccc(-n5cc(-c6c(C)cc(OCc7ccccc7)cc6C)cn5)c4)cc32)c1. The Labute approximate surface area is 284 Å². The van der Waals surface area contributed by atoms with Crippen LogP contribution in [0.4, 0.5) is 0 Å². The van der Waals surface area contributed by atoms with E-state index in [9.17, 15) is 0 Å². The molecule has 0 radical (unpaired) electrons. The number of nitrogens with zero attached hydrogens (tertiary/aromatic N) is 4. The van der Waals surface area contributed by atoms with Gasteiger partial charge in [0.15, 0.2) is 0 Å². The quantitative estimate of drug-likeness (QED) is 0.157. The molecule has 0 unspecified atom stereocenters. The smallest absolute Gasteiger partial charge is 0.141 e. The molecule has 3 heterocycles. The number of methoxy groups -OCH3 is 1. The van der Waals surface area contributed by atoms with Crippen LogP contribution in [0, 0.1) is 13.8 Å². The van der Waals surface area contributed by atoms with E-state index in [1.54, 1.807) is 13.3 Å². The molecule has 0 amide bonds. The summed E-state index contributed by atoms with van der Waals surface area (Å²) in [5, 5.41) is 6.99. The molecule has 0 spiro atoms. The fraction of sp³-hybridized carbons (Fsp3) is 0.0952. The number of aromatic nitrogens is 4. The molecule has 7 heteroatoms. The first-order valence-corrected chi connectivity index (χ1v) is 16.2. The van der Waals surface area contributed by atoms with Gasteiger partial charge in [-0.25, -0.2) is 9.67 Å². The summed E-state index contributed by atoms with van der Waals surface area (Å²) in [6, 6.07) is 40.7. The summed E-state index contributed by atoms with van der Waals surface area (Å²) in [5.74, 6) is 3.82. The lowest BCUT2D eigenvalue weighted by Gasteiger charge is -2.13. The maximum atomic E-state index is 6.46. The van der Waals surface area contributed by atoms with Crippen molar-refractivity contribution in [2.24, 2.45) is 0 Å². The van der Waals surface area contributed by atoms with Gasteiger partial charge in [0, 0.05) is 46.9 Å². The van der Waals surface area contributed by atoms with Gasteiger partial charge in [-0.1, -0.05) is 54.6 Å². The maximum Gasteiger partial charge on any atom is 0.141 e. The van der Waals surface area contributed by atoms with Crippen molar-refractivity contribution in [1.82, 2.24) is 19.3 Å². The first-order valence-electron chi connectivity index (χ1n) is 16.2. The molecule has 0 atom stereocenters. The molecule has 0 fully saturated rings. The maximum absolute atomic E-state index is 6.46. The van der Waals surface area contributed by atoms with Gasteiger partial charge >= 0.3 is 0 Å². The van der Waals surface area contributed by atoms with Crippen molar-refractivity contribution in [3.63, 3.8) is 0 Å². The fourth-order valence-corrected chi connectivity index (χ4v) is 6.53. The highest BCUT2D eigenvalue weighted by Gasteiger charge is 2.16. The van der Waals surface area contributed by atoms with Crippen molar-refractivity contribution in [2.75, 3.05) is 7.11 Å². The van der Waals surface area contributed by atoms with Crippen LogP contribution < -0.4 is 14.2 Å². The number of ether oxygens (including phenoxy) is 3. The zero-order valence-corrected chi connectivity index (χ0v) is 27.5. The molecule has 0 saturated carbocycles. The van der Waals surface area contributed by atoms with E-state index < -0.39 is 0 Å². The van der Waals surface area contributed by atoms with E-state index in [4.69, 9.17) is 19.3 Å². The number of benzene rings is 5. The fourth-order valence-electron chi connectivity index (χ4n) is 6.53. The number of pyridine rings is 1. The van der Waals surface area contributed by atoms with Crippen LogP contribution in [-0.4, -0.2) is 26.4 Å². The average molecular weight is 643 g/mol. The van der Waals surface area contributed by atoms with Crippen LogP contribution in [0.15, 0.2) is 140 Å². The van der Waals surface area contributed by atoms with E-state index in [0.717, 1.165) is 78.4 Å². The van der Waals surface area contributed by atoms with E-state index in [0.29, 0.717) is 12.4 Å². The second-order valence-corrected chi connectivity index (χ2v) is 12.1. The molecule has 3 aromatic heterocycles. The lowest BCUT2D eigenvalue weighted by molar-refractivity contribution is 0.306. The number of hydrogen-bond donors (Lipinski definition) is 0. The molecule has 0 aliphatic heterocycles. The van der Waals surface area contributed by atoms with Gasteiger partial charge in [-0.3, -0.25) is 4.57 Å². The van der Waals surface area contributed by atoms with Crippen LogP contribution in [0.3, 0.4) is 0 Å². The summed E-state index contributed by atoms with van der Waals surface area (Å²) >= 11 is 0. The second kappa shape index (κ2) is 12.7. The van der Waals surface area contributed by atoms with Crippen LogP contribution in [0.2, 0.25) is 0 Å². The van der Waals surface area contributed by atoms with E-state index in [1.165, 1.54) is 0 Å². The molecule has 240 valence electrons. The summed E-state index contributed by atoms with van der Waals surface area (Å²) in [5.41, 5.74) is 8.57. The largest absolute Gasteiger partial charge is 0.497 e. The summed E-state index contributed by atoms with van der Waals surface area (Å²) in [6.45, 7) is 4.76. The van der Waals surface area contributed by atoms with Crippen LogP contribution in [0.1, 0.15) is 16.7 Å². The minimum absolute atomic E-state index is 0.534. The highest BCUT2D eigenvalue weighted by Crippen LogP contribution is 2.36. The zero-order valence-electron chi connectivity index (χ0n) is 27.5. The molecular weight excluding hydrogens is 608 g/mol.